The van der Waals surface area contributed by atoms with Crippen molar-refractivity contribution in [3.63, 3.8) is 0 Å². The van der Waals surface area contributed by atoms with Crippen LogP contribution in [0, 0.1) is 0 Å². The van der Waals surface area contributed by atoms with Gasteiger partial charge in [-0.25, -0.2) is 0 Å². The Kier molecular flexibility index (Phi) is 4.07. The van der Waals surface area contributed by atoms with Crippen molar-refractivity contribution in [1.29, 1.82) is 0 Å². The fraction of sp³-hybridized carbons (Fsp3) is 0.0588. The Morgan fingerprint density at radius 3 is 2.62 bits per heavy atom. The molecule has 4 heteroatoms. The average molecular weight is 294 g/mol. The molecule has 0 saturated carbocycles. The highest BCUT2D eigenvalue weighted by Crippen LogP contribution is 2.26. The minimum Gasteiger partial charge on any atom is -0.497 e. The first-order valence-corrected chi connectivity index (χ1v) is 7.36. The maximum absolute atomic E-state index is 5.13. The van der Waals surface area contributed by atoms with Gasteiger partial charge in [-0.15, -0.1) is 11.3 Å². The molecule has 0 atom stereocenters. The van der Waals surface area contributed by atoms with Crippen LogP contribution in [0.1, 0.15) is 4.88 Å². The number of methoxy groups -OCH3 is 1. The first-order chi connectivity index (χ1) is 10.3. The van der Waals surface area contributed by atoms with E-state index in [1.807, 2.05) is 48.7 Å². The summed E-state index contributed by atoms with van der Waals surface area (Å²) >= 11 is 1.68. The van der Waals surface area contributed by atoms with Crippen LogP contribution in [0.15, 0.2) is 65.8 Å². The first kappa shape index (κ1) is 13.5. The summed E-state index contributed by atoms with van der Waals surface area (Å²) < 4.78 is 5.13. The van der Waals surface area contributed by atoms with E-state index in [0.717, 1.165) is 26.9 Å². The number of ether oxygens (including phenoxy) is 1. The topological polar surface area (TPSA) is 34.5 Å². The zero-order chi connectivity index (χ0) is 14.5. The van der Waals surface area contributed by atoms with E-state index in [2.05, 4.69) is 22.1 Å². The molecule has 0 spiro atoms. The summed E-state index contributed by atoms with van der Waals surface area (Å²) in [6.07, 6.45) is 3.68. The summed E-state index contributed by atoms with van der Waals surface area (Å²) in [5.74, 6) is 0.836. The maximum atomic E-state index is 5.13. The van der Waals surface area contributed by atoms with E-state index in [9.17, 15) is 0 Å². The predicted octanol–water partition coefficient (Wildman–Crippen LogP) is 4.57. The number of nitrogens with zero attached hydrogens (tertiary/aromatic N) is 2. The number of thiophene rings is 1. The van der Waals surface area contributed by atoms with E-state index in [-0.39, 0.29) is 0 Å². The van der Waals surface area contributed by atoms with Crippen molar-refractivity contribution in [3.05, 3.63) is 65.7 Å². The van der Waals surface area contributed by atoms with Gasteiger partial charge in [-0.05, 0) is 48.5 Å². The van der Waals surface area contributed by atoms with Crippen LogP contribution >= 0.6 is 11.3 Å². The third-order valence-electron chi connectivity index (χ3n) is 2.96. The van der Waals surface area contributed by atoms with Crippen LogP contribution in [0.4, 0.5) is 5.69 Å². The number of hydrogen-bond donors (Lipinski definition) is 0. The van der Waals surface area contributed by atoms with Crippen LogP contribution in [-0.4, -0.2) is 18.3 Å². The highest BCUT2D eigenvalue weighted by atomic mass is 32.1. The third kappa shape index (κ3) is 3.35. The van der Waals surface area contributed by atoms with E-state index >= 15 is 0 Å². The minimum atomic E-state index is 0.836. The van der Waals surface area contributed by atoms with Gasteiger partial charge in [-0.3, -0.25) is 9.98 Å². The summed E-state index contributed by atoms with van der Waals surface area (Å²) in [7, 11) is 1.66. The lowest BCUT2D eigenvalue weighted by molar-refractivity contribution is 0.415. The largest absolute Gasteiger partial charge is 0.497 e. The van der Waals surface area contributed by atoms with Crippen molar-refractivity contribution in [3.8, 4) is 16.3 Å². The monoisotopic (exact) mass is 294 g/mol. The Bertz CT molecular complexity index is 733. The van der Waals surface area contributed by atoms with Crippen LogP contribution in [-0.2, 0) is 0 Å². The number of benzene rings is 1. The summed E-state index contributed by atoms with van der Waals surface area (Å²) in [5, 5.41) is 0. The number of aliphatic imine (C=N–C) groups is 1. The highest BCUT2D eigenvalue weighted by Gasteiger charge is 2.01. The zero-order valence-corrected chi connectivity index (χ0v) is 12.4. The third-order valence-corrected chi connectivity index (χ3v) is 4.00. The molecule has 104 valence electrons. The zero-order valence-electron chi connectivity index (χ0n) is 11.6. The molecule has 0 bridgehead atoms. The Morgan fingerprint density at radius 2 is 1.90 bits per heavy atom. The molecule has 3 nitrogen and oxygen atoms in total. The SMILES string of the molecule is COc1ccc(N=Cc2ccc(-c3ccccn3)s2)cc1. The summed E-state index contributed by atoms with van der Waals surface area (Å²) in [4.78, 5) is 11.1. The van der Waals surface area contributed by atoms with Gasteiger partial charge in [0, 0.05) is 17.3 Å². The quantitative estimate of drug-likeness (QED) is 0.661. The van der Waals surface area contributed by atoms with Gasteiger partial charge in [0.05, 0.1) is 23.4 Å². The van der Waals surface area contributed by atoms with Gasteiger partial charge >= 0.3 is 0 Å². The summed E-state index contributed by atoms with van der Waals surface area (Å²) in [6.45, 7) is 0. The van der Waals surface area contributed by atoms with Gasteiger partial charge < -0.3 is 4.74 Å². The Labute approximate surface area is 127 Å². The second-order valence-electron chi connectivity index (χ2n) is 4.37. The Morgan fingerprint density at radius 1 is 1.05 bits per heavy atom. The normalized spacial score (nSPS) is 10.9. The van der Waals surface area contributed by atoms with Crippen molar-refractivity contribution < 1.29 is 4.74 Å². The van der Waals surface area contributed by atoms with Crippen LogP contribution in [0.3, 0.4) is 0 Å². The lowest BCUT2D eigenvalue weighted by atomic mass is 10.3. The number of rotatable bonds is 4. The van der Waals surface area contributed by atoms with Gasteiger partial charge in [0.2, 0.25) is 0 Å². The molecule has 0 unspecified atom stereocenters. The summed E-state index contributed by atoms with van der Waals surface area (Å²) in [5.41, 5.74) is 1.90. The van der Waals surface area contributed by atoms with Crippen molar-refractivity contribution in [2.75, 3.05) is 7.11 Å². The fourth-order valence-electron chi connectivity index (χ4n) is 1.87. The van der Waals surface area contributed by atoms with Crippen molar-refractivity contribution in [2.24, 2.45) is 4.99 Å². The van der Waals surface area contributed by atoms with Gasteiger partial charge in [0.25, 0.3) is 0 Å². The van der Waals surface area contributed by atoms with E-state index < -0.39 is 0 Å². The van der Waals surface area contributed by atoms with E-state index in [0.29, 0.717) is 0 Å². The van der Waals surface area contributed by atoms with Crippen LogP contribution < -0.4 is 4.74 Å². The number of pyridine rings is 1. The molecule has 0 radical (unpaired) electrons. The lowest BCUT2D eigenvalue weighted by Gasteiger charge is -1.98. The standard InChI is InChI=1S/C17H14N2OS/c1-20-14-7-5-13(6-8-14)19-12-15-9-10-17(21-15)16-4-2-3-11-18-16/h2-12H,1H3. The van der Waals surface area contributed by atoms with E-state index in [4.69, 9.17) is 4.74 Å². The molecule has 0 fully saturated rings. The van der Waals surface area contributed by atoms with Gasteiger partial charge in [-0.2, -0.15) is 0 Å². The second kappa shape index (κ2) is 6.33. The fourth-order valence-corrected chi connectivity index (χ4v) is 2.73. The highest BCUT2D eigenvalue weighted by molar-refractivity contribution is 7.17. The van der Waals surface area contributed by atoms with Crippen LogP contribution in [0.5, 0.6) is 5.75 Å². The lowest BCUT2D eigenvalue weighted by Crippen LogP contribution is -1.80. The van der Waals surface area contributed by atoms with Gasteiger partial charge in [0.1, 0.15) is 5.75 Å². The molecule has 1 aromatic carbocycles. The smallest absolute Gasteiger partial charge is 0.119 e. The number of aromatic nitrogens is 1. The minimum absolute atomic E-state index is 0.836. The molecule has 3 aromatic rings. The van der Waals surface area contributed by atoms with Crippen LogP contribution in [0.25, 0.3) is 10.6 Å². The van der Waals surface area contributed by atoms with Gasteiger partial charge in [0.15, 0.2) is 0 Å². The molecule has 2 heterocycles. The maximum Gasteiger partial charge on any atom is 0.119 e. The van der Waals surface area contributed by atoms with E-state index in [1.54, 1.807) is 24.6 Å². The molecule has 3 rings (SSSR count). The first-order valence-electron chi connectivity index (χ1n) is 6.54. The molecule has 21 heavy (non-hydrogen) atoms. The molecule has 2 aromatic heterocycles. The average Bonchev–Trinajstić information content (AvgIpc) is 3.03. The molecule has 0 saturated heterocycles. The predicted molar refractivity (Wildman–Crippen MR) is 87.8 cm³/mol. The van der Waals surface area contributed by atoms with Crippen LogP contribution in [0.2, 0.25) is 0 Å². The molecule has 0 aliphatic carbocycles. The van der Waals surface area contributed by atoms with Gasteiger partial charge in [-0.1, -0.05) is 6.07 Å². The number of hydrogen-bond acceptors (Lipinski definition) is 4. The van der Waals surface area contributed by atoms with Crippen molar-refractivity contribution in [1.82, 2.24) is 4.98 Å². The Balaban J connectivity index is 1.76. The molecule has 0 N–H and O–H groups in total. The summed E-state index contributed by atoms with van der Waals surface area (Å²) in [6, 6.07) is 17.7. The molecular formula is C17H14N2OS. The van der Waals surface area contributed by atoms with E-state index in [1.165, 1.54) is 0 Å². The molecule has 0 aliphatic heterocycles. The van der Waals surface area contributed by atoms with Crippen molar-refractivity contribution in [2.45, 2.75) is 0 Å². The Hall–Kier alpha value is -2.46. The molecular weight excluding hydrogens is 280 g/mol. The molecule has 0 amide bonds. The second-order valence-corrected chi connectivity index (χ2v) is 5.49. The molecule has 0 aliphatic rings. The van der Waals surface area contributed by atoms with Crippen molar-refractivity contribution >= 4 is 23.2 Å².